The van der Waals surface area contributed by atoms with E-state index in [4.69, 9.17) is 14.6 Å². The van der Waals surface area contributed by atoms with Gasteiger partial charge < -0.3 is 14.6 Å². The fourth-order valence-corrected chi connectivity index (χ4v) is 3.59. The van der Waals surface area contributed by atoms with Crippen molar-refractivity contribution in [1.82, 2.24) is 9.78 Å². The summed E-state index contributed by atoms with van der Waals surface area (Å²) in [6.07, 6.45) is 0. The topological polar surface area (TPSA) is 73.6 Å². The Kier molecular flexibility index (Phi) is 5.89. The first-order chi connectivity index (χ1) is 15.5. The molecule has 0 amide bonds. The molecule has 7 heteroatoms. The van der Waals surface area contributed by atoms with Crippen LogP contribution < -0.4 is 9.47 Å². The molecule has 0 unspecified atom stereocenters. The highest BCUT2D eigenvalue weighted by Gasteiger charge is 2.18. The molecule has 4 aromatic rings. The lowest BCUT2D eigenvalue weighted by Gasteiger charge is -2.11. The van der Waals surface area contributed by atoms with E-state index in [0.717, 1.165) is 5.56 Å². The SMILES string of the molecule is COc1ccccc1Cn1nc(-c2cc(C(=O)O)ccc2OC)cc1-c1cccc(F)c1. The Labute approximate surface area is 184 Å². The molecule has 4 rings (SSSR count). The Morgan fingerprint density at radius 2 is 1.75 bits per heavy atom. The van der Waals surface area contributed by atoms with E-state index in [-0.39, 0.29) is 11.4 Å². The molecule has 1 heterocycles. The van der Waals surface area contributed by atoms with Crippen molar-refractivity contribution in [3.05, 3.63) is 89.7 Å². The molecule has 0 aliphatic carbocycles. The summed E-state index contributed by atoms with van der Waals surface area (Å²) in [6, 6.07) is 20.2. The summed E-state index contributed by atoms with van der Waals surface area (Å²) in [6.45, 7) is 0.372. The maximum atomic E-state index is 14.0. The van der Waals surface area contributed by atoms with Gasteiger partial charge in [-0.25, -0.2) is 9.18 Å². The molecule has 1 N–H and O–H groups in total. The summed E-state index contributed by atoms with van der Waals surface area (Å²) in [4.78, 5) is 11.5. The van der Waals surface area contributed by atoms with Crippen LogP contribution in [0.2, 0.25) is 0 Å². The summed E-state index contributed by atoms with van der Waals surface area (Å²) < 4.78 is 26.6. The van der Waals surface area contributed by atoms with Gasteiger partial charge in [-0.05, 0) is 42.5 Å². The summed E-state index contributed by atoms with van der Waals surface area (Å²) >= 11 is 0. The van der Waals surface area contributed by atoms with Crippen LogP contribution in [0, 0.1) is 5.82 Å². The molecular weight excluding hydrogens is 411 g/mol. The largest absolute Gasteiger partial charge is 0.496 e. The minimum absolute atomic E-state index is 0.118. The number of aromatic nitrogens is 2. The lowest BCUT2D eigenvalue weighted by atomic mass is 10.1. The minimum Gasteiger partial charge on any atom is -0.496 e. The summed E-state index contributed by atoms with van der Waals surface area (Å²) in [5.41, 5.74) is 3.38. The van der Waals surface area contributed by atoms with Gasteiger partial charge in [0.25, 0.3) is 0 Å². The number of carboxylic acids is 1. The van der Waals surface area contributed by atoms with Crippen LogP contribution in [0.25, 0.3) is 22.5 Å². The van der Waals surface area contributed by atoms with E-state index in [1.807, 2.05) is 24.3 Å². The molecule has 0 radical (unpaired) electrons. The van der Waals surface area contributed by atoms with Crippen LogP contribution in [0.1, 0.15) is 15.9 Å². The first-order valence-electron chi connectivity index (χ1n) is 9.87. The van der Waals surface area contributed by atoms with Crippen LogP contribution in [0.5, 0.6) is 11.5 Å². The number of ether oxygens (including phenoxy) is 2. The fourth-order valence-electron chi connectivity index (χ4n) is 3.59. The molecule has 0 aliphatic heterocycles. The highest BCUT2D eigenvalue weighted by molar-refractivity contribution is 5.90. The van der Waals surface area contributed by atoms with Crippen molar-refractivity contribution in [3.8, 4) is 34.0 Å². The van der Waals surface area contributed by atoms with Gasteiger partial charge in [-0.15, -0.1) is 0 Å². The molecule has 3 aromatic carbocycles. The number of methoxy groups -OCH3 is 2. The van der Waals surface area contributed by atoms with E-state index in [0.29, 0.717) is 40.6 Å². The monoisotopic (exact) mass is 432 g/mol. The molecule has 32 heavy (non-hydrogen) atoms. The van der Waals surface area contributed by atoms with Gasteiger partial charge in [-0.1, -0.05) is 30.3 Å². The third kappa shape index (κ3) is 4.18. The summed E-state index contributed by atoms with van der Waals surface area (Å²) in [5.74, 6) is -0.213. The van der Waals surface area contributed by atoms with Crippen molar-refractivity contribution >= 4 is 5.97 Å². The van der Waals surface area contributed by atoms with Crippen LogP contribution in [-0.2, 0) is 6.54 Å². The van der Waals surface area contributed by atoms with Crippen molar-refractivity contribution in [2.24, 2.45) is 0 Å². The smallest absolute Gasteiger partial charge is 0.335 e. The van der Waals surface area contributed by atoms with Crippen LogP contribution >= 0.6 is 0 Å². The first-order valence-corrected chi connectivity index (χ1v) is 9.87. The average molecular weight is 432 g/mol. The summed E-state index contributed by atoms with van der Waals surface area (Å²) in [7, 11) is 3.11. The van der Waals surface area contributed by atoms with E-state index < -0.39 is 5.97 Å². The van der Waals surface area contributed by atoms with Crippen LogP contribution in [0.15, 0.2) is 72.8 Å². The predicted molar refractivity (Wildman–Crippen MR) is 119 cm³/mol. The molecule has 0 fully saturated rings. The number of halogens is 1. The zero-order chi connectivity index (χ0) is 22.7. The Hall–Kier alpha value is -4.13. The Balaban J connectivity index is 1.88. The van der Waals surface area contributed by atoms with E-state index in [2.05, 4.69) is 0 Å². The molecular formula is C25H21FN2O4. The van der Waals surface area contributed by atoms with Crippen molar-refractivity contribution in [2.75, 3.05) is 14.2 Å². The van der Waals surface area contributed by atoms with E-state index in [1.54, 1.807) is 36.1 Å². The van der Waals surface area contributed by atoms with Crippen molar-refractivity contribution in [3.63, 3.8) is 0 Å². The number of hydrogen-bond acceptors (Lipinski definition) is 4. The van der Waals surface area contributed by atoms with Crippen LogP contribution in [0.4, 0.5) is 4.39 Å². The van der Waals surface area contributed by atoms with Gasteiger partial charge in [0.1, 0.15) is 17.3 Å². The van der Waals surface area contributed by atoms with Gasteiger partial charge in [0.2, 0.25) is 0 Å². The number of rotatable bonds is 7. The first kappa shape index (κ1) is 21.1. The Morgan fingerprint density at radius 1 is 0.969 bits per heavy atom. The average Bonchev–Trinajstić information content (AvgIpc) is 3.22. The second-order valence-electron chi connectivity index (χ2n) is 7.11. The lowest BCUT2D eigenvalue weighted by molar-refractivity contribution is 0.0697. The maximum absolute atomic E-state index is 14.0. The van der Waals surface area contributed by atoms with Crippen molar-refractivity contribution < 1.29 is 23.8 Å². The van der Waals surface area contributed by atoms with Crippen LogP contribution in [-0.4, -0.2) is 35.1 Å². The molecule has 1 aromatic heterocycles. The third-order valence-electron chi connectivity index (χ3n) is 5.14. The molecule has 0 spiro atoms. The highest BCUT2D eigenvalue weighted by Crippen LogP contribution is 2.34. The third-order valence-corrected chi connectivity index (χ3v) is 5.14. The zero-order valence-corrected chi connectivity index (χ0v) is 17.6. The number of hydrogen-bond donors (Lipinski definition) is 1. The standard InChI is InChI=1S/C25H21FN2O4/c1-31-23-9-4-3-6-18(23)15-28-22(16-7-5-8-19(26)12-16)14-21(27-28)20-13-17(25(29)30)10-11-24(20)32-2/h3-14H,15H2,1-2H3,(H,29,30). The highest BCUT2D eigenvalue weighted by atomic mass is 19.1. The Bertz CT molecular complexity index is 1280. The van der Waals surface area contributed by atoms with Crippen molar-refractivity contribution in [1.29, 1.82) is 0 Å². The lowest BCUT2D eigenvalue weighted by Crippen LogP contribution is -2.06. The number of nitrogens with zero attached hydrogens (tertiary/aromatic N) is 2. The fraction of sp³-hybridized carbons (Fsp3) is 0.120. The van der Waals surface area contributed by atoms with Gasteiger partial charge in [0, 0.05) is 16.7 Å². The molecule has 0 saturated carbocycles. The van der Waals surface area contributed by atoms with Crippen molar-refractivity contribution in [2.45, 2.75) is 6.54 Å². The second-order valence-corrected chi connectivity index (χ2v) is 7.11. The number of carboxylic acid groups (broad SMARTS) is 1. The molecule has 0 bridgehead atoms. The van der Waals surface area contributed by atoms with Gasteiger partial charge in [-0.2, -0.15) is 5.10 Å². The molecule has 162 valence electrons. The van der Waals surface area contributed by atoms with Gasteiger partial charge in [-0.3, -0.25) is 4.68 Å². The van der Waals surface area contributed by atoms with Gasteiger partial charge in [0.05, 0.1) is 37.7 Å². The van der Waals surface area contributed by atoms with E-state index in [9.17, 15) is 14.3 Å². The Morgan fingerprint density at radius 3 is 2.47 bits per heavy atom. The minimum atomic E-state index is -1.05. The maximum Gasteiger partial charge on any atom is 0.335 e. The second kappa shape index (κ2) is 8.93. The van der Waals surface area contributed by atoms with Crippen LogP contribution in [0.3, 0.4) is 0 Å². The quantitative estimate of drug-likeness (QED) is 0.439. The number of para-hydroxylation sites is 1. The molecule has 0 saturated heterocycles. The molecule has 0 aliphatic rings. The van der Waals surface area contributed by atoms with E-state index in [1.165, 1.54) is 31.4 Å². The molecule has 0 atom stereocenters. The van der Waals surface area contributed by atoms with E-state index >= 15 is 0 Å². The predicted octanol–water partition coefficient (Wildman–Crippen LogP) is 5.12. The van der Waals surface area contributed by atoms with Gasteiger partial charge in [0.15, 0.2) is 0 Å². The van der Waals surface area contributed by atoms with Gasteiger partial charge >= 0.3 is 5.97 Å². The number of benzene rings is 3. The molecule has 6 nitrogen and oxygen atoms in total. The normalized spacial score (nSPS) is 10.7. The number of aromatic carboxylic acids is 1. The summed E-state index contributed by atoms with van der Waals surface area (Å²) in [5, 5.41) is 14.2. The zero-order valence-electron chi connectivity index (χ0n) is 17.6. The number of carbonyl (C=O) groups is 1.